The Balaban J connectivity index is 2.91. The minimum Gasteiger partial charge on any atom is -0.371 e. The van der Waals surface area contributed by atoms with E-state index in [1.54, 1.807) is 13.8 Å². The quantitative estimate of drug-likeness (QED) is 0.763. The molecule has 0 bridgehead atoms. The first-order chi connectivity index (χ1) is 6.74. The highest BCUT2D eigenvalue weighted by atomic mass is 35.7. The number of methoxy groups -OCH3 is 1. The van der Waals surface area contributed by atoms with Gasteiger partial charge in [-0.05, 0) is 13.8 Å². The third-order valence-electron chi connectivity index (χ3n) is 1.98. The van der Waals surface area contributed by atoms with E-state index in [2.05, 4.69) is 5.16 Å². The average Bonchev–Trinajstić information content (AvgIpc) is 2.50. The van der Waals surface area contributed by atoms with E-state index in [0.29, 0.717) is 5.76 Å². The fourth-order valence-electron chi connectivity index (χ4n) is 0.941. The number of hydrogen-bond acceptors (Lipinski definition) is 5. The molecule has 0 aliphatic rings. The van der Waals surface area contributed by atoms with E-state index < -0.39 is 14.7 Å². The summed E-state index contributed by atoms with van der Waals surface area (Å²) in [5.74, 6) is 0.109. The molecule has 1 rings (SSSR count). The summed E-state index contributed by atoms with van der Waals surface area (Å²) in [6.45, 7) is 3.57. The predicted octanol–water partition coefficient (Wildman–Crippen LogP) is 1.62. The van der Waals surface area contributed by atoms with Gasteiger partial charge in [-0.3, -0.25) is 0 Å². The Kier molecular flexibility index (Phi) is 3.42. The van der Waals surface area contributed by atoms with Crippen LogP contribution in [0, 0.1) is 0 Å². The SMILES string of the molecule is COC(C)(C)c1cc(CS(=O)(=O)Cl)no1. The lowest BCUT2D eigenvalue weighted by molar-refractivity contribution is -0.00349. The Morgan fingerprint density at radius 3 is 2.67 bits per heavy atom. The Labute approximate surface area is 92.8 Å². The van der Waals surface area contributed by atoms with Crippen LogP contribution in [0.25, 0.3) is 0 Å². The first-order valence-corrected chi connectivity index (χ1v) is 6.66. The Morgan fingerprint density at radius 2 is 2.20 bits per heavy atom. The maximum Gasteiger partial charge on any atom is 0.238 e. The predicted molar refractivity (Wildman–Crippen MR) is 55.0 cm³/mol. The number of rotatable bonds is 4. The van der Waals surface area contributed by atoms with Gasteiger partial charge in [0.05, 0.1) is 0 Å². The van der Waals surface area contributed by atoms with Crippen molar-refractivity contribution in [2.45, 2.75) is 25.2 Å². The van der Waals surface area contributed by atoms with E-state index in [4.69, 9.17) is 19.9 Å². The molecule has 1 aromatic rings. The molecule has 0 aliphatic carbocycles. The van der Waals surface area contributed by atoms with E-state index >= 15 is 0 Å². The van der Waals surface area contributed by atoms with Gasteiger partial charge in [0.1, 0.15) is 17.0 Å². The van der Waals surface area contributed by atoms with E-state index in [1.165, 1.54) is 13.2 Å². The molecule has 86 valence electrons. The monoisotopic (exact) mass is 253 g/mol. The number of aromatic nitrogens is 1. The minimum atomic E-state index is -3.61. The van der Waals surface area contributed by atoms with Gasteiger partial charge in [0.15, 0.2) is 5.76 Å². The largest absolute Gasteiger partial charge is 0.371 e. The van der Waals surface area contributed by atoms with Gasteiger partial charge in [0.2, 0.25) is 9.05 Å². The summed E-state index contributed by atoms with van der Waals surface area (Å²) in [6, 6.07) is 1.52. The Morgan fingerprint density at radius 1 is 1.60 bits per heavy atom. The zero-order valence-electron chi connectivity index (χ0n) is 8.65. The van der Waals surface area contributed by atoms with Gasteiger partial charge in [-0.1, -0.05) is 5.16 Å². The molecule has 0 saturated heterocycles. The molecule has 15 heavy (non-hydrogen) atoms. The summed E-state index contributed by atoms with van der Waals surface area (Å²) in [7, 11) is 3.01. The van der Waals surface area contributed by atoms with Crippen molar-refractivity contribution in [2.75, 3.05) is 7.11 Å². The Bertz CT molecular complexity index is 437. The fraction of sp³-hybridized carbons (Fsp3) is 0.625. The van der Waals surface area contributed by atoms with Crippen LogP contribution in [0.3, 0.4) is 0 Å². The molecule has 0 atom stereocenters. The summed E-state index contributed by atoms with van der Waals surface area (Å²) in [6.07, 6.45) is 0. The molecule has 0 N–H and O–H groups in total. The highest BCUT2D eigenvalue weighted by Gasteiger charge is 2.25. The van der Waals surface area contributed by atoms with Crippen molar-refractivity contribution in [2.24, 2.45) is 0 Å². The summed E-state index contributed by atoms with van der Waals surface area (Å²) >= 11 is 0. The Hall–Kier alpha value is -0.590. The van der Waals surface area contributed by atoms with Crippen LogP contribution in [0.5, 0.6) is 0 Å². The normalized spacial score (nSPS) is 13.1. The van der Waals surface area contributed by atoms with E-state index in [9.17, 15) is 8.42 Å². The molecule has 0 aromatic carbocycles. The molecular weight excluding hydrogens is 242 g/mol. The van der Waals surface area contributed by atoms with Gasteiger partial charge < -0.3 is 9.26 Å². The van der Waals surface area contributed by atoms with E-state index in [1.807, 2.05) is 0 Å². The maximum atomic E-state index is 10.8. The smallest absolute Gasteiger partial charge is 0.238 e. The zero-order chi connectivity index (χ0) is 11.7. The van der Waals surface area contributed by atoms with Crippen LogP contribution in [0.1, 0.15) is 25.3 Å². The first-order valence-electron chi connectivity index (χ1n) is 4.18. The second-order valence-corrected chi connectivity index (χ2v) is 6.36. The molecule has 0 aliphatic heterocycles. The van der Waals surface area contributed by atoms with Crippen LogP contribution in [0.15, 0.2) is 10.6 Å². The summed E-state index contributed by atoms with van der Waals surface area (Å²) in [5.41, 5.74) is -0.369. The highest BCUT2D eigenvalue weighted by Crippen LogP contribution is 2.24. The highest BCUT2D eigenvalue weighted by molar-refractivity contribution is 8.13. The van der Waals surface area contributed by atoms with Crippen LogP contribution in [0.4, 0.5) is 0 Å². The molecule has 0 saturated carbocycles. The molecule has 0 fully saturated rings. The lowest BCUT2D eigenvalue weighted by atomic mass is 10.1. The van der Waals surface area contributed by atoms with Crippen molar-refractivity contribution in [3.63, 3.8) is 0 Å². The summed E-state index contributed by atoms with van der Waals surface area (Å²) in [5, 5.41) is 3.60. The topological polar surface area (TPSA) is 69.4 Å². The second-order valence-electron chi connectivity index (χ2n) is 3.58. The van der Waals surface area contributed by atoms with Crippen molar-refractivity contribution in [3.8, 4) is 0 Å². The van der Waals surface area contributed by atoms with Crippen molar-refractivity contribution in [1.82, 2.24) is 5.16 Å². The second kappa shape index (κ2) is 4.11. The summed E-state index contributed by atoms with van der Waals surface area (Å²) in [4.78, 5) is 0. The number of ether oxygens (including phenoxy) is 1. The zero-order valence-corrected chi connectivity index (χ0v) is 10.2. The third-order valence-corrected chi connectivity index (χ3v) is 2.95. The minimum absolute atomic E-state index is 0.269. The van der Waals surface area contributed by atoms with Crippen LogP contribution in [0.2, 0.25) is 0 Å². The van der Waals surface area contributed by atoms with Gasteiger partial charge in [0.25, 0.3) is 0 Å². The van der Waals surface area contributed by atoms with Crippen molar-refractivity contribution in [1.29, 1.82) is 0 Å². The first kappa shape index (κ1) is 12.5. The van der Waals surface area contributed by atoms with Gasteiger partial charge in [-0.2, -0.15) is 0 Å². The lowest BCUT2D eigenvalue weighted by Crippen LogP contribution is -2.18. The van der Waals surface area contributed by atoms with Crippen molar-refractivity contribution >= 4 is 19.7 Å². The van der Waals surface area contributed by atoms with Crippen molar-refractivity contribution in [3.05, 3.63) is 17.5 Å². The van der Waals surface area contributed by atoms with Gasteiger partial charge in [-0.25, -0.2) is 8.42 Å². The van der Waals surface area contributed by atoms with Gasteiger partial charge in [-0.15, -0.1) is 0 Å². The number of halogens is 1. The number of nitrogens with zero attached hydrogens (tertiary/aromatic N) is 1. The molecule has 1 aromatic heterocycles. The molecule has 0 amide bonds. The van der Waals surface area contributed by atoms with Crippen LogP contribution >= 0.6 is 10.7 Å². The van der Waals surface area contributed by atoms with Gasteiger partial charge in [0, 0.05) is 23.9 Å². The van der Waals surface area contributed by atoms with Crippen LogP contribution < -0.4 is 0 Å². The van der Waals surface area contributed by atoms with Crippen LogP contribution in [-0.4, -0.2) is 20.7 Å². The molecule has 0 radical (unpaired) electrons. The molecular formula is C8H12ClNO4S. The standard InChI is InChI=1S/C8H12ClNO4S/c1-8(2,13-3)7-4-6(10-14-7)5-15(9,11)12/h4H,5H2,1-3H3. The molecule has 0 unspecified atom stereocenters. The third kappa shape index (κ3) is 3.48. The average molecular weight is 254 g/mol. The van der Waals surface area contributed by atoms with Gasteiger partial charge >= 0.3 is 0 Å². The van der Waals surface area contributed by atoms with Crippen molar-refractivity contribution < 1.29 is 17.7 Å². The molecule has 7 heteroatoms. The fourth-order valence-corrected chi connectivity index (χ4v) is 1.77. The molecule has 5 nitrogen and oxygen atoms in total. The molecule has 1 heterocycles. The summed E-state index contributed by atoms with van der Waals surface area (Å²) < 4.78 is 31.7. The number of hydrogen-bond donors (Lipinski definition) is 0. The maximum absolute atomic E-state index is 10.8. The van der Waals surface area contributed by atoms with E-state index in [-0.39, 0.29) is 11.4 Å². The molecule has 0 spiro atoms. The van der Waals surface area contributed by atoms with Crippen LogP contribution in [-0.2, 0) is 25.1 Å². The van der Waals surface area contributed by atoms with E-state index in [0.717, 1.165) is 0 Å². The lowest BCUT2D eigenvalue weighted by Gasteiger charge is -2.18.